The fourth-order valence-electron chi connectivity index (χ4n) is 4.77. The fraction of sp³-hybridized carbons (Fsp3) is 0.524. The number of carbonyl (C=O) groups excluding carboxylic acids is 1. The molecule has 5 rings (SSSR count). The zero-order chi connectivity index (χ0) is 20.5. The number of amides is 1. The number of hydrazine groups is 1. The van der Waals surface area contributed by atoms with Gasteiger partial charge in [-0.3, -0.25) is 15.6 Å². The van der Waals surface area contributed by atoms with Gasteiger partial charge in [-0.25, -0.2) is 4.68 Å². The predicted molar refractivity (Wildman–Crippen MR) is 110 cm³/mol. The smallest absolute Gasteiger partial charge is 0.224 e. The largest absolute Gasteiger partial charge is 0.361 e. The molecule has 2 aromatic heterocycles. The van der Waals surface area contributed by atoms with Gasteiger partial charge < -0.3 is 9.42 Å². The Kier molecular flexibility index (Phi) is 5.22. The Labute approximate surface area is 174 Å². The molecule has 2 aliphatic rings. The summed E-state index contributed by atoms with van der Waals surface area (Å²) in [5.41, 5.74) is 9.42. The molecule has 9 heteroatoms. The number of aryl methyl sites for hydroxylation is 2. The average molecular weight is 409 g/mol. The molecule has 158 valence electrons. The Bertz CT molecular complexity index is 1030. The minimum absolute atomic E-state index is 0.178. The maximum absolute atomic E-state index is 12.9. The molecule has 0 radical (unpaired) electrons. The summed E-state index contributed by atoms with van der Waals surface area (Å²) in [6, 6.07) is 10.1. The highest BCUT2D eigenvalue weighted by Crippen LogP contribution is 2.32. The summed E-state index contributed by atoms with van der Waals surface area (Å²) < 4.78 is 7.35. The van der Waals surface area contributed by atoms with E-state index >= 15 is 0 Å². The second-order valence-electron chi connectivity index (χ2n) is 8.32. The van der Waals surface area contributed by atoms with Crippen molar-refractivity contribution < 1.29 is 9.32 Å². The summed E-state index contributed by atoms with van der Waals surface area (Å²) in [7, 11) is 0. The Morgan fingerprint density at radius 3 is 3.10 bits per heavy atom. The van der Waals surface area contributed by atoms with Crippen molar-refractivity contribution in [2.45, 2.75) is 44.7 Å². The summed E-state index contributed by atoms with van der Waals surface area (Å²) in [4.78, 5) is 15.0. The van der Waals surface area contributed by atoms with E-state index in [1.54, 1.807) is 0 Å². The van der Waals surface area contributed by atoms with E-state index in [0.29, 0.717) is 18.9 Å². The van der Waals surface area contributed by atoms with Crippen LogP contribution in [-0.4, -0.2) is 56.6 Å². The van der Waals surface area contributed by atoms with Crippen molar-refractivity contribution in [1.82, 2.24) is 35.9 Å². The number of carbonyl (C=O) groups is 1. The van der Waals surface area contributed by atoms with Crippen LogP contribution >= 0.6 is 0 Å². The molecule has 0 bridgehead atoms. The molecule has 0 spiro atoms. The molecule has 2 fully saturated rings. The van der Waals surface area contributed by atoms with Crippen molar-refractivity contribution in [3.05, 3.63) is 41.8 Å². The lowest BCUT2D eigenvalue weighted by atomic mass is 9.83. The number of nitrogens with zero attached hydrogens (tertiary/aromatic N) is 5. The van der Waals surface area contributed by atoms with E-state index in [1.165, 1.54) is 0 Å². The Balaban J connectivity index is 1.22. The topological polar surface area (TPSA) is 101 Å². The second kappa shape index (κ2) is 8.16. The van der Waals surface area contributed by atoms with Crippen LogP contribution in [0.15, 0.2) is 34.9 Å². The van der Waals surface area contributed by atoms with Gasteiger partial charge in [-0.05, 0) is 37.8 Å². The average Bonchev–Trinajstić information content (AvgIpc) is 3.51. The van der Waals surface area contributed by atoms with Crippen LogP contribution in [0.4, 0.5) is 0 Å². The summed E-state index contributed by atoms with van der Waals surface area (Å²) in [5.74, 6) is 1.70. The van der Waals surface area contributed by atoms with Crippen molar-refractivity contribution in [3.8, 4) is 0 Å². The highest BCUT2D eigenvalue weighted by molar-refractivity contribution is 5.77. The number of likely N-dealkylation sites (tertiary alicyclic amines) is 1. The fourth-order valence-corrected chi connectivity index (χ4v) is 4.77. The molecule has 3 aromatic rings. The van der Waals surface area contributed by atoms with Gasteiger partial charge in [-0.2, -0.15) is 0 Å². The lowest BCUT2D eigenvalue weighted by molar-refractivity contribution is -0.133. The van der Waals surface area contributed by atoms with E-state index in [1.807, 2.05) is 46.8 Å². The van der Waals surface area contributed by atoms with Crippen LogP contribution in [0.5, 0.6) is 0 Å². The maximum Gasteiger partial charge on any atom is 0.224 e. The van der Waals surface area contributed by atoms with Crippen LogP contribution < -0.4 is 10.9 Å². The molecule has 30 heavy (non-hydrogen) atoms. The van der Waals surface area contributed by atoms with Crippen molar-refractivity contribution in [2.75, 3.05) is 19.6 Å². The molecule has 2 saturated heterocycles. The molecule has 3 atom stereocenters. The summed E-state index contributed by atoms with van der Waals surface area (Å²) in [5, 5.41) is 12.4. The lowest BCUT2D eigenvalue weighted by Crippen LogP contribution is -2.48. The molecule has 1 aromatic carbocycles. The summed E-state index contributed by atoms with van der Waals surface area (Å²) >= 11 is 0. The summed E-state index contributed by atoms with van der Waals surface area (Å²) in [6.07, 6.45) is 2.55. The number of benzene rings is 1. The van der Waals surface area contributed by atoms with Crippen molar-refractivity contribution in [2.24, 2.45) is 5.92 Å². The third kappa shape index (κ3) is 3.70. The molecular formula is C21H27N7O2. The highest BCUT2D eigenvalue weighted by Gasteiger charge is 2.39. The first-order chi connectivity index (χ1) is 14.7. The Morgan fingerprint density at radius 2 is 2.23 bits per heavy atom. The number of aromatic nitrogens is 4. The van der Waals surface area contributed by atoms with E-state index in [4.69, 9.17) is 4.52 Å². The van der Waals surface area contributed by atoms with Gasteiger partial charge in [-0.15, -0.1) is 5.10 Å². The van der Waals surface area contributed by atoms with Gasteiger partial charge in [0.15, 0.2) is 0 Å². The zero-order valence-electron chi connectivity index (χ0n) is 17.1. The van der Waals surface area contributed by atoms with Crippen LogP contribution in [-0.2, 0) is 11.3 Å². The number of hydrogen-bond acceptors (Lipinski definition) is 7. The summed E-state index contributed by atoms with van der Waals surface area (Å²) in [6.45, 7) is 4.88. The van der Waals surface area contributed by atoms with E-state index in [0.717, 1.165) is 55.0 Å². The van der Waals surface area contributed by atoms with Crippen LogP contribution in [0.1, 0.15) is 36.6 Å². The molecule has 4 heterocycles. The standard InChI is InChI=1S/C21H27N7O2/c1-14-11-19(30-25-14)16-12-22-24-21(16)15-5-4-9-27(13-15)20(29)8-10-28-18-7-3-2-6-17(18)23-26-28/h2-3,6-7,11,15-16,21-22,24H,4-5,8-10,12-13H2,1H3. The number of rotatable bonds is 5. The molecule has 0 saturated carbocycles. The number of hydrogen-bond donors (Lipinski definition) is 2. The number of para-hydroxylation sites is 1. The van der Waals surface area contributed by atoms with Crippen molar-refractivity contribution in [3.63, 3.8) is 0 Å². The molecule has 9 nitrogen and oxygen atoms in total. The molecule has 2 N–H and O–H groups in total. The first-order valence-corrected chi connectivity index (χ1v) is 10.7. The Morgan fingerprint density at radius 1 is 1.33 bits per heavy atom. The minimum Gasteiger partial charge on any atom is -0.361 e. The second-order valence-corrected chi connectivity index (χ2v) is 8.32. The van der Waals surface area contributed by atoms with Gasteiger partial charge in [0.1, 0.15) is 11.3 Å². The first kappa shape index (κ1) is 19.2. The predicted octanol–water partition coefficient (Wildman–Crippen LogP) is 1.62. The highest BCUT2D eigenvalue weighted by atomic mass is 16.5. The number of piperidine rings is 1. The van der Waals surface area contributed by atoms with E-state index < -0.39 is 0 Å². The van der Waals surface area contributed by atoms with E-state index in [9.17, 15) is 4.79 Å². The van der Waals surface area contributed by atoms with Crippen LogP contribution in [0, 0.1) is 12.8 Å². The molecule has 1 amide bonds. The molecular weight excluding hydrogens is 382 g/mol. The molecule has 0 aliphatic carbocycles. The molecule has 3 unspecified atom stereocenters. The number of nitrogens with one attached hydrogen (secondary N) is 2. The van der Waals surface area contributed by atoms with Crippen molar-refractivity contribution >= 4 is 16.9 Å². The minimum atomic E-state index is 0.178. The SMILES string of the molecule is Cc1cc(C2CNNC2C2CCCN(C(=O)CCn3nnc4ccccc43)C2)on1. The van der Waals surface area contributed by atoms with Gasteiger partial charge in [0.2, 0.25) is 5.91 Å². The van der Waals surface area contributed by atoms with Gasteiger partial charge in [-0.1, -0.05) is 22.5 Å². The van der Waals surface area contributed by atoms with E-state index in [-0.39, 0.29) is 17.9 Å². The lowest BCUT2D eigenvalue weighted by Gasteiger charge is -2.37. The van der Waals surface area contributed by atoms with Gasteiger partial charge in [0, 0.05) is 38.2 Å². The van der Waals surface area contributed by atoms with Crippen LogP contribution in [0.25, 0.3) is 11.0 Å². The third-order valence-corrected chi connectivity index (χ3v) is 6.31. The maximum atomic E-state index is 12.9. The zero-order valence-corrected chi connectivity index (χ0v) is 17.1. The van der Waals surface area contributed by atoms with Crippen molar-refractivity contribution in [1.29, 1.82) is 0 Å². The van der Waals surface area contributed by atoms with Crippen LogP contribution in [0.2, 0.25) is 0 Å². The normalized spacial score (nSPS) is 24.6. The monoisotopic (exact) mass is 409 g/mol. The van der Waals surface area contributed by atoms with Gasteiger partial charge in [0.05, 0.1) is 23.7 Å². The number of fused-ring (bicyclic) bond motifs is 1. The quantitative estimate of drug-likeness (QED) is 0.660. The third-order valence-electron chi connectivity index (χ3n) is 6.31. The van der Waals surface area contributed by atoms with Crippen LogP contribution in [0.3, 0.4) is 0 Å². The Hall–Kier alpha value is -2.78. The van der Waals surface area contributed by atoms with E-state index in [2.05, 4.69) is 26.3 Å². The van der Waals surface area contributed by atoms with Gasteiger partial charge >= 0.3 is 0 Å². The first-order valence-electron chi connectivity index (χ1n) is 10.7. The van der Waals surface area contributed by atoms with Gasteiger partial charge in [0.25, 0.3) is 0 Å². The molecule has 2 aliphatic heterocycles.